The van der Waals surface area contributed by atoms with E-state index in [9.17, 15) is 4.79 Å². The Kier molecular flexibility index (Phi) is 4.69. The topological polar surface area (TPSA) is 46.9 Å². The largest absolute Gasteiger partial charge is 0.352 e. The molecule has 2 aromatic rings. The fourth-order valence-electron chi connectivity index (χ4n) is 2.28. The van der Waals surface area contributed by atoms with Crippen LogP contribution in [0.3, 0.4) is 0 Å². The summed E-state index contributed by atoms with van der Waals surface area (Å²) in [5.74, 6) is 0.0951. The van der Waals surface area contributed by atoms with Gasteiger partial charge < -0.3 is 9.88 Å². The van der Waals surface area contributed by atoms with Gasteiger partial charge in [0.2, 0.25) is 5.91 Å². The smallest absolute Gasteiger partial charge is 0.220 e. The van der Waals surface area contributed by atoms with Crippen molar-refractivity contribution in [3.8, 4) is 5.69 Å². The van der Waals surface area contributed by atoms with Gasteiger partial charge in [0.1, 0.15) is 0 Å². The molecule has 0 saturated heterocycles. The van der Waals surface area contributed by atoms with Gasteiger partial charge in [0.15, 0.2) is 0 Å². The molecule has 0 saturated carbocycles. The van der Waals surface area contributed by atoms with Crippen LogP contribution in [0.25, 0.3) is 5.69 Å². The van der Waals surface area contributed by atoms with Gasteiger partial charge in [-0.25, -0.2) is 4.98 Å². The van der Waals surface area contributed by atoms with E-state index in [-0.39, 0.29) is 11.3 Å². The second-order valence-corrected chi connectivity index (χ2v) is 6.97. The average Bonchev–Trinajstić information content (AvgIpc) is 2.76. The molecule has 0 fully saturated rings. The van der Waals surface area contributed by atoms with Gasteiger partial charge in [-0.15, -0.1) is 0 Å². The van der Waals surface area contributed by atoms with Gasteiger partial charge in [-0.2, -0.15) is 0 Å². The van der Waals surface area contributed by atoms with Crippen molar-refractivity contribution in [1.29, 1.82) is 0 Å². The Bertz CT molecular complexity index is 648. The SMILES string of the molecule is Cc1ncn(-c2ccc(CNC(=O)CC(C)(C)C)cc2)c1C. The normalized spacial score (nSPS) is 11.5. The molecular weight excluding hydrogens is 274 g/mol. The zero-order chi connectivity index (χ0) is 16.3. The summed E-state index contributed by atoms with van der Waals surface area (Å²) in [6, 6.07) is 8.20. The van der Waals surface area contributed by atoms with E-state index in [1.807, 2.05) is 25.4 Å². The number of benzene rings is 1. The van der Waals surface area contributed by atoms with E-state index in [0.29, 0.717) is 13.0 Å². The lowest BCUT2D eigenvalue weighted by Gasteiger charge is -2.17. The van der Waals surface area contributed by atoms with E-state index in [0.717, 1.165) is 22.6 Å². The standard InChI is InChI=1S/C18H25N3O/c1-13-14(2)21(12-20-13)16-8-6-15(7-9-16)11-19-17(22)10-18(3,4)5/h6-9,12H,10-11H2,1-5H3,(H,19,22). The van der Waals surface area contributed by atoms with Crippen LogP contribution in [-0.4, -0.2) is 15.5 Å². The second-order valence-electron chi connectivity index (χ2n) is 6.97. The Morgan fingerprint density at radius 2 is 1.82 bits per heavy atom. The minimum absolute atomic E-state index is 0.0186. The first kappa shape index (κ1) is 16.3. The molecule has 1 amide bonds. The maximum atomic E-state index is 11.8. The molecule has 118 valence electrons. The summed E-state index contributed by atoms with van der Waals surface area (Å²) in [6.45, 7) is 10.8. The number of carbonyl (C=O) groups excluding carboxylic acids is 1. The van der Waals surface area contributed by atoms with Gasteiger partial charge in [0.25, 0.3) is 0 Å². The summed E-state index contributed by atoms with van der Waals surface area (Å²) in [5.41, 5.74) is 4.39. The molecule has 1 aromatic carbocycles. The van der Waals surface area contributed by atoms with Crippen LogP contribution in [0, 0.1) is 19.3 Å². The van der Waals surface area contributed by atoms with E-state index >= 15 is 0 Å². The quantitative estimate of drug-likeness (QED) is 0.938. The predicted octanol–water partition coefficient (Wildman–Crippen LogP) is 3.54. The Balaban J connectivity index is 1.98. The summed E-state index contributed by atoms with van der Waals surface area (Å²) >= 11 is 0. The van der Waals surface area contributed by atoms with Crippen LogP contribution in [0.5, 0.6) is 0 Å². The van der Waals surface area contributed by atoms with Crippen LogP contribution in [0.15, 0.2) is 30.6 Å². The molecule has 0 aliphatic rings. The molecule has 1 N–H and O–H groups in total. The van der Waals surface area contributed by atoms with Gasteiger partial charge in [0.05, 0.1) is 12.0 Å². The number of aryl methyl sites for hydroxylation is 1. The van der Waals surface area contributed by atoms with E-state index < -0.39 is 0 Å². The first-order valence-electron chi connectivity index (χ1n) is 7.63. The van der Waals surface area contributed by atoms with Crippen molar-refractivity contribution in [1.82, 2.24) is 14.9 Å². The van der Waals surface area contributed by atoms with Gasteiger partial charge in [-0.1, -0.05) is 32.9 Å². The summed E-state index contributed by atoms with van der Waals surface area (Å²) in [5, 5.41) is 2.97. The molecule has 4 nitrogen and oxygen atoms in total. The first-order chi connectivity index (χ1) is 10.3. The molecule has 1 aromatic heterocycles. The fourth-order valence-corrected chi connectivity index (χ4v) is 2.28. The summed E-state index contributed by atoms with van der Waals surface area (Å²) in [6.07, 6.45) is 2.38. The number of hydrogen-bond acceptors (Lipinski definition) is 2. The fraction of sp³-hybridized carbons (Fsp3) is 0.444. The predicted molar refractivity (Wildman–Crippen MR) is 89.0 cm³/mol. The Labute approximate surface area is 132 Å². The number of nitrogens with zero attached hydrogens (tertiary/aromatic N) is 2. The maximum absolute atomic E-state index is 11.8. The average molecular weight is 299 g/mol. The molecule has 0 bridgehead atoms. The van der Waals surface area contributed by atoms with Crippen molar-refractivity contribution >= 4 is 5.91 Å². The third-order valence-corrected chi connectivity index (χ3v) is 3.65. The van der Waals surface area contributed by atoms with Crippen molar-refractivity contribution in [2.24, 2.45) is 5.41 Å². The lowest BCUT2D eigenvalue weighted by atomic mass is 9.92. The summed E-state index contributed by atoms with van der Waals surface area (Å²) < 4.78 is 2.07. The lowest BCUT2D eigenvalue weighted by Crippen LogP contribution is -2.27. The molecule has 2 rings (SSSR count). The molecule has 4 heteroatoms. The molecule has 0 aliphatic carbocycles. The maximum Gasteiger partial charge on any atom is 0.220 e. The van der Waals surface area contributed by atoms with Crippen molar-refractivity contribution < 1.29 is 4.79 Å². The van der Waals surface area contributed by atoms with Gasteiger partial charge >= 0.3 is 0 Å². The highest BCUT2D eigenvalue weighted by molar-refractivity contribution is 5.76. The monoisotopic (exact) mass is 299 g/mol. The highest BCUT2D eigenvalue weighted by Crippen LogP contribution is 2.18. The molecule has 0 unspecified atom stereocenters. The molecular formula is C18H25N3O. The number of rotatable bonds is 4. The molecule has 0 radical (unpaired) electrons. The van der Waals surface area contributed by atoms with E-state index in [1.54, 1.807) is 0 Å². The van der Waals surface area contributed by atoms with E-state index in [4.69, 9.17) is 0 Å². The highest BCUT2D eigenvalue weighted by Gasteiger charge is 2.15. The minimum atomic E-state index is 0.0186. The Hall–Kier alpha value is -2.10. The third kappa shape index (κ3) is 4.20. The number of hydrogen-bond donors (Lipinski definition) is 1. The highest BCUT2D eigenvalue weighted by atomic mass is 16.1. The van der Waals surface area contributed by atoms with E-state index in [2.05, 4.69) is 54.7 Å². The molecule has 22 heavy (non-hydrogen) atoms. The lowest BCUT2D eigenvalue weighted by molar-refractivity contribution is -0.122. The second kappa shape index (κ2) is 6.34. The van der Waals surface area contributed by atoms with Crippen LogP contribution >= 0.6 is 0 Å². The summed E-state index contributed by atoms with van der Waals surface area (Å²) in [7, 11) is 0. The zero-order valence-corrected chi connectivity index (χ0v) is 14.1. The Morgan fingerprint density at radius 3 is 2.32 bits per heavy atom. The van der Waals surface area contributed by atoms with Crippen LogP contribution < -0.4 is 5.32 Å². The number of amides is 1. The Morgan fingerprint density at radius 1 is 1.18 bits per heavy atom. The number of carbonyl (C=O) groups is 1. The molecule has 1 heterocycles. The van der Waals surface area contributed by atoms with Crippen molar-refractivity contribution in [2.45, 2.75) is 47.6 Å². The van der Waals surface area contributed by atoms with Crippen LogP contribution in [0.1, 0.15) is 44.1 Å². The van der Waals surface area contributed by atoms with Crippen LogP contribution in [-0.2, 0) is 11.3 Å². The zero-order valence-electron chi connectivity index (χ0n) is 14.1. The summed E-state index contributed by atoms with van der Waals surface area (Å²) in [4.78, 5) is 16.2. The molecule has 0 spiro atoms. The van der Waals surface area contributed by atoms with Crippen molar-refractivity contribution in [3.63, 3.8) is 0 Å². The number of imidazole rings is 1. The molecule has 0 atom stereocenters. The van der Waals surface area contributed by atoms with Crippen LogP contribution in [0.2, 0.25) is 0 Å². The van der Waals surface area contributed by atoms with Crippen LogP contribution in [0.4, 0.5) is 0 Å². The van der Waals surface area contributed by atoms with Gasteiger partial charge in [-0.05, 0) is 37.0 Å². The minimum Gasteiger partial charge on any atom is -0.352 e. The van der Waals surface area contributed by atoms with Gasteiger partial charge in [-0.3, -0.25) is 4.79 Å². The first-order valence-corrected chi connectivity index (χ1v) is 7.63. The number of nitrogens with one attached hydrogen (secondary N) is 1. The molecule has 0 aliphatic heterocycles. The van der Waals surface area contributed by atoms with E-state index in [1.165, 1.54) is 0 Å². The third-order valence-electron chi connectivity index (χ3n) is 3.65. The number of aromatic nitrogens is 2. The van der Waals surface area contributed by atoms with Gasteiger partial charge in [0, 0.05) is 24.3 Å². The van der Waals surface area contributed by atoms with Crippen molar-refractivity contribution in [2.75, 3.05) is 0 Å². The van der Waals surface area contributed by atoms with Crippen molar-refractivity contribution in [3.05, 3.63) is 47.5 Å².